The summed E-state index contributed by atoms with van der Waals surface area (Å²) >= 11 is 0. The van der Waals surface area contributed by atoms with Crippen LogP contribution in [0, 0.1) is 0 Å². The van der Waals surface area contributed by atoms with Crippen molar-refractivity contribution in [3.05, 3.63) is 35.4 Å². The van der Waals surface area contributed by atoms with Crippen LogP contribution in [0.2, 0.25) is 0 Å². The Bertz CT molecular complexity index is 774. The molecule has 1 rings (SSSR count). The third kappa shape index (κ3) is 11.3. The van der Waals surface area contributed by atoms with Gasteiger partial charge in [-0.05, 0) is 25.5 Å². The molecule has 176 valence electrons. The van der Waals surface area contributed by atoms with Gasteiger partial charge in [-0.1, -0.05) is 76.8 Å². The lowest BCUT2D eigenvalue weighted by Crippen LogP contribution is -2.25. The maximum absolute atomic E-state index is 12.4. The fourth-order valence-electron chi connectivity index (χ4n) is 3.03. The van der Waals surface area contributed by atoms with E-state index in [1.165, 1.54) is 64.0 Å². The molecule has 31 heavy (non-hydrogen) atoms. The summed E-state index contributed by atoms with van der Waals surface area (Å²) < 4.78 is 41.2. The third-order valence-electron chi connectivity index (χ3n) is 5.06. The Morgan fingerprint density at radius 1 is 0.839 bits per heavy atom. The normalized spacial score (nSPS) is 12.4. The average molecular weight is 457 g/mol. The number of hydrogen-bond acceptors (Lipinski definition) is 6. The molecule has 0 radical (unpaired) electrons. The lowest BCUT2D eigenvalue weighted by atomic mass is 10.1. The number of rotatable bonds is 16. The monoisotopic (exact) mass is 456 g/mol. The lowest BCUT2D eigenvalue weighted by Gasteiger charge is -2.12. The second-order valence-electron chi connectivity index (χ2n) is 7.79. The molecule has 0 saturated heterocycles. The van der Waals surface area contributed by atoms with Gasteiger partial charge < -0.3 is 9.47 Å². The summed E-state index contributed by atoms with van der Waals surface area (Å²) in [4.78, 5) is 24.6. The smallest absolute Gasteiger partial charge is 0.339 e. The quantitative estimate of drug-likeness (QED) is 0.207. The molecular weight excluding hydrogens is 420 g/mol. The van der Waals surface area contributed by atoms with Crippen molar-refractivity contribution in [3.63, 3.8) is 0 Å². The molecular formula is C23H36O7S. The van der Waals surface area contributed by atoms with Crippen LogP contribution in [0.3, 0.4) is 0 Å². The summed E-state index contributed by atoms with van der Waals surface area (Å²) in [5.74, 6) is -1.46. The van der Waals surface area contributed by atoms with Gasteiger partial charge in [0.25, 0.3) is 10.1 Å². The molecule has 0 heterocycles. The van der Waals surface area contributed by atoms with Crippen molar-refractivity contribution in [3.8, 4) is 0 Å². The number of esters is 2. The molecule has 1 aromatic carbocycles. The molecule has 8 heteroatoms. The van der Waals surface area contributed by atoms with Crippen LogP contribution >= 0.6 is 0 Å². The number of carbonyl (C=O) groups is 2. The van der Waals surface area contributed by atoms with E-state index in [4.69, 9.17) is 14.0 Å². The van der Waals surface area contributed by atoms with Gasteiger partial charge in [-0.2, -0.15) is 8.42 Å². The molecule has 1 aromatic rings. The van der Waals surface area contributed by atoms with Gasteiger partial charge in [-0.15, -0.1) is 0 Å². The first-order valence-corrected chi connectivity index (χ1v) is 12.7. The molecule has 0 amide bonds. The number of unbranched alkanes of at least 4 members (excludes halogenated alkanes) is 9. The largest absolute Gasteiger partial charge is 0.462 e. The minimum absolute atomic E-state index is 0.00175. The Hall–Kier alpha value is -1.93. The van der Waals surface area contributed by atoms with E-state index < -0.39 is 33.9 Å². The summed E-state index contributed by atoms with van der Waals surface area (Å²) in [6.07, 6.45) is 11.8. The van der Waals surface area contributed by atoms with Crippen molar-refractivity contribution < 1.29 is 32.0 Å². The molecule has 1 atom stereocenters. The highest BCUT2D eigenvalue weighted by molar-refractivity contribution is 7.86. The summed E-state index contributed by atoms with van der Waals surface area (Å²) in [6, 6.07) is 6.05. The van der Waals surface area contributed by atoms with Gasteiger partial charge in [-0.25, -0.2) is 9.59 Å². The van der Waals surface area contributed by atoms with Gasteiger partial charge in [0.15, 0.2) is 0 Å². The predicted molar refractivity (Wildman–Crippen MR) is 120 cm³/mol. The molecule has 0 saturated carbocycles. The van der Waals surface area contributed by atoms with Crippen LogP contribution in [-0.2, 0) is 19.6 Å². The average Bonchev–Trinajstić information content (AvgIpc) is 2.74. The van der Waals surface area contributed by atoms with Crippen LogP contribution in [-0.4, -0.2) is 43.4 Å². The standard InChI is InChI=1S/C23H36O7S/c1-3-4-5-6-7-8-9-10-11-14-17-29-22(24)20-15-12-13-16-21(20)23(25)30-18-19(2)31(26,27)28/h12-13,15-16,19H,3-11,14,17-18H2,1-2H3,(H,26,27,28). The number of ether oxygens (including phenoxy) is 2. The van der Waals surface area contributed by atoms with Crippen LogP contribution in [0.4, 0.5) is 0 Å². The summed E-state index contributed by atoms with van der Waals surface area (Å²) in [5.41, 5.74) is 0.0669. The fraction of sp³-hybridized carbons (Fsp3) is 0.652. The molecule has 0 bridgehead atoms. The lowest BCUT2D eigenvalue weighted by molar-refractivity contribution is 0.0454. The molecule has 0 fully saturated rings. The molecule has 0 aliphatic heterocycles. The van der Waals surface area contributed by atoms with E-state index in [1.807, 2.05) is 0 Å². The maximum Gasteiger partial charge on any atom is 0.339 e. The Morgan fingerprint density at radius 2 is 1.29 bits per heavy atom. The van der Waals surface area contributed by atoms with Crippen molar-refractivity contribution in [1.82, 2.24) is 0 Å². The first kappa shape index (κ1) is 27.1. The zero-order chi connectivity index (χ0) is 23.1. The van der Waals surface area contributed by atoms with E-state index in [9.17, 15) is 18.0 Å². The first-order chi connectivity index (χ1) is 14.8. The Labute approximate surface area is 186 Å². The zero-order valence-corrected chi connectivity index (χ0v) is 19.5. The molecule has 0 aliphatic carbocycles. The Balaban J connectivity index is 2.35. The third-order valence-corrected chi connectivity index (χ3v) is 6.21. The van der Waals surface area contributed by atoms with Gasteiger partial charge in [0.2, 0.25) is 0 Å². The van der Waals surface area contributed by atoms with Gasteiger partial charge in [0.05, 0.1) is 17.7 Å². The van der Waals surface area contributed by atoms with Gasteiger partial charge in [0, 0.05) is 0 Å². The number of carbonyl (C=O) groups excluding carboxylic acids is 2. The molecule has 0 spiro atoms. The summed E-state index contributed by atoms with van der Waals surface area (Å²) in [5, 5.41) is -1.26. The second-order valence-corrected chi connectivity index (χ2v) is 9.62. The molecule has 1 N–H and O–H groups in total. The van der Waals surface area contributed by atoms with Crippen molar-refractivity contribution in [2.24, 2.45) is 0 Å². The highest BCUT2D eigenvalue weighted by Gasteiger charge is 2.23. The van der Waals surface area contributed by atoms with Crippen LogP contribution in [0.25, 0.3) is 0 Å². The van der Waals surface area contributed by atoms with Crippen LogP contribution in [0.15, 0.2) is 24.3 Å². The van der Waals surface area contributed by atoms with E-state index >= 15 is 0 Å². The van der Waals surface area contributed by atoms with Crippen molar-refractivity contribution in [2.75, 3.05) is 13.2 Å². The molecule has 0 aromatic heterocycles. The SMILES string of the molecule is CCCCCCCCCCCCOC(=O)c1ccccc1C(=O)OCC(C)S(=O)(=O)O. The van der Waals surface area contributed by atoms with Crippen molar-refractivity contribution in [2.45, 2.75) is 83.3 Å². The Kier molecular flexibility index (Phi) is 13.1. The highest BCUT2D eigenvalue weighted by Crippen LogP contribution is 2.14. The predicted octanol–water partition coefficient (Wildman–Crippen LogP) is 5.20. The van der Waals surface area contributed by atoms with Crippen LogP contribution < -0.4 is 0 Å². The van der Waals surface area contributed by atoms with E-state index in [0.29, 0.717) is 0 Å². The second kappa shape index (κ2) is 15.0. The van der Waals surface area contributed by atoms with Crippen LogP contribution in [0.1, 0.15) is 98.8 Å². The molecule has 7 nitrogen and oxygen atoms in total. The minimum Gasteiger partial charge on any atom is -0.462 e. The van der Waals surface area contributed by atoms with Crippen LogP contribution in [0.5, 0.6) is 0 Å². The summed E-state index contributed by atoms with van der Waals surface area (Å²) in [7, 11) is -4.31. The van der Waals surface area contributed by atoms with E-state index in [-0.39, 0.29) is 17.7 Å². The highest BCUT2D eigenvalue weighted by atomic mass is 32.2. The fourth-order valence-corrected chi connectivity index (χ4v) is 3.27. The number of benzene rings is 1. The molecule has 0 aliphatic rings. The number of hydrogen-bond donors (Lipinski definition) is 1. The van der Waals surface area contributed by atoms with Gasteiger partial charge in [0.1, 0.15) is 11.9 Å². The van der Waals surface area contributed by atoms with Gasteiger partial charge in [-0.3, -0.25) is 4.55 Å². The minimum atomic E-state index is -4.31. The van der Waals surface area contributed by atoms with E-state index in [1.54, 1.807) is 12.1 Å². The first-order valence-electron chi connectivity index (χ1n) is 11.2. The zero-order valence-electron chi connectivity index (χ0n) is 18.7. The summed E-state index contributed by atoms with van der Waals surface area (Å²) in [6.45, 7) is 3.19. The van der Waals surface area contributed by atoms with Crippen molar-refractivity contribution in [1.29, 1.82) is 0 Å². The topological polar surface area (TPSA) is 107 Å². The van der Waals surface area contributed by atoms with E-state index in [2.05, 4.69) is 6.92 Å². The molecule has 1 unspecified atom stereocenters. The Morgan fingerprint density at radius 3 is 1.77 bits per heavy atom. The van der Waals surface area contributed by atoms with Crippen molar-refractivity contribution >= 4 is 22.1 Å². The van der Waals surface area contributed by atoms with E-state index in [0.717, 1.165) is 19.3 Å². The van der Waals surface area contributed by atoms with Gasteiger partial charge >= 0.3 is 11.9 Å². The maximum atomic E-state index is 12.4.